The van der Waals surface area contributed by atoms with Crippen molar-refractivity contribution in [3.05, 3.63) is 23.0 Å². The number of carbonyl (C=O) groups excluding carboxylic acids is 1. The van der Waals surface area contributed by atoms with Crippen LogP contribution >= 0.6 is 0 Å². The second-order valence-corrected chi connectivity index (χ2v) is 5.27. The molecule has 5 nitrogen and oxygen atoms in total. The zero-order valence-electron chi connectivity index (χ0n) is 11.3. The average molecular weight is 260 g/mol. The summed E-state index contributed by atoms with van der Waals surface area (Å²) in [5.74, 6) is 0.107. The van der Waals surface area contributed by atoms with Gasteiger partial charge in [-0.1, -0.05) is 5.16 Å². The predicted octanol–water partition coefficient (Wildman–Crippen LogP) is 2.97. The quantitative estimate of drug-likeness (QED) is 0.794. The van der Waals surface area contributed by atoms with E-state index < -0.39 is 0 Å². The van der Waals surface area contributed by atoms with Crippen molar-refractivity contribution < 1.29 is 14.1 Å². The molecule has 0 aromatic carbocycles. The van der Waals surface area contributed by atoms with Crippen LogP contribution in [0.3, 0.4) is 0 Å². The van der Waals surface area contributed by atoms with Crippen molar-refractivity contribution in [1.29, 1.82) is 0 Å². The van der Waals surface area contributed by atoms with Gasteiger partial charge in [-0.15, -0.1) is 0 Å². The number of carbonyl (C=O) groups is 1. The van der Waals surface area contributed by atoms with Gasteiger partial charge < -0.3 is 9.26 Å². The molecule has 0 spiro atoms. The largest absolute Gasteiger partial charge is 0.459 e. The molecule has 0 radical (unpaired) electrons. The maximum absolute atomic E-state index is 12.2. The Bertz CT molecular complexity index is 641. The second kappa shape index (κ2) is 4.33. The van der Waals surface area contributed by atoms with Crippen LogP contribution in [0.4, 0.5) is 0 Å². The molecule has 19 heavy (non-hydrogen) atoms. The number of nitrogens with zero attached hydrogens (tertiary/aromatic N) is 2. The van der Waals surface area contributed by atoms with Gasteiger partial charge in [0.15, 0.2) is 0 Å². The Morgan fingerprint density at radius 3 is 2.84 bits per heavy atom. The van der Waals surface area contributed by atoms with Crippen molar-refractivity contribution in [2.24, 2.45) is 0 Å². The normalized spacial score (nSPS) is 15.2. The number of esters is 1. The van der Waals surface area contributed by atoms with E-state index in [0.717, 1.165) is 18.5 Å². The van der Waals surface area contributed by atoms with E-state index in [1.165, 1.54) is 0 Å². The number of rotatable bonds is 3. The first-order valence-corrected chi connectivity index (χ1v) is 6.54. The molecule has 2 heterocycles. The van der Waals surface area contributed by atoms with Crippen molar-refractivity contribution >= 4 is 17.1 Å². The second-order valence-electron chi connectivity index (χ2n) is 5.27. The summed E-state index contributed by atoms with van der Waals surface area (Å²) in [6.45, 7) is 5.47. The fourth-order valence-electron chi connectivity index (χ4n) is 2.14. The van der Waals surface area contributed by atoms with Crippen LogP contribution in [-0.2, 0) is 4.74 Å². The Morgan fingerprint density at radius 2 is 2.21 bits per heavy atom. The Labute approximate surface area is 110 Å². The molecule has 2 aromatic heterocycles. The van der Waals surface area contributed by atoms with Gasteiger partial charge >= 0.3 is 5.97 Å². The van der Waals surface area contributed by atoms with Gasteiger partial charge in [-0.3, -0.25) is 0 Å². The SMILES string of the molecule is Cc1noc2nc(C3CC3)cc(C(=O)OC(C)C)c12. The number of aryl methyl sites for hydroxylation is 1. The minimum atomic E-state index is -0.337. The standard InChI is InChI=1S/C14H16N2O3/c1-7(2)18-14(17)10-6-11(9-4-5-9)15-13-12(10)8(3)16-19-13/h6-7,9H,4-5H2,1-3H3. The summed E-state index contributed by atoms with van der Waals surface area (Å²) >= 11 is 0. The molecule has 0 saturated heterocycles. The molecule has 0 atom stereocenters. The van der Waals surface area contributed by atoms with Crippen LogP contribution in [0, 0.1) is 6.92 Å². The van der Waals surface area contributed by atoms with E-state index in [4.69, 9.17) is 9.26 Å². The monoisotopic (exact) mass is 260 g/mol. The highest BCUT2D eigenvalue weighted by Crippen LogP contribution is 2.40. The van der Waals surface area contributed by atoms with E-state index in [-0.39, 0.29) is 12.1 Å². The average Bonchev–Trinajstić information content (AvgIpc) is 3.13. The summed E-state index contributed by atoms with van der Waals surface area (Å²) in [7, 11) is 0. The van der Waals surface area contributed by atoms with Crippen molar-refractivity contribution in [2.45, 2.75) is 45.6 Å². The molecule has 0 bridgehead atoms. The van der Waals surface area contributed by atoms with Gasteiger partial charge in [-0.05, 0) is 39.7 Å². The molecule has 2 aromatic rings. The first-order chi connectivity index (χ1) is 9.06. The van der Waals surface area contributed by atoms with E-state index in [9.17, 15) is 4.79 Å². The molecule has 0 unspecified atom stereocenters. The number of pyridine rings is 1. The van der Waals surface area contributed by atoms with Gasteiger partial charge in [0, 0.05) is 11.6 Å². The lowest BCUT2D eigenvalue weighted by molar-refractivity contribution is 0.0380. The summed E-state index contributed by atoms with van der Waals surface area (Å²) in [5.41, 5.74) is 2.51. The van der Waals surface area contributed by atoms with Gasteiger partial charge in [0.25, 0.3) is 5.71 Å². The van der Waals surface area contributed by atoms with Crippen LogP contribution < -0.4 is 0 Å². The Kier molecular flexibility index (Phi) is 2.77. The maximum Gasteiger partial charge on any atom is 0.339 e. The Hall–Kier alpha value is -1.91. The highest BCUT2D eigenvalue weighted by molar-refractivity contribution is 6.03. The summed E-state index contributed by atoms with van der Waals surface area (Å²) in [6, 6.07) is 1.83. The lowest BCUT2D eigenvalue weighted by Gasteiger charge is -2.09. The zero-order valence-corrected chi connectivity index (χ0v) is 11.3. The molecule has 0 amide bonds. The van der Waals surface area contributed by atoms with Crippen LogP contribution in [-0.4, -0.2) is 22.2 Å². The van der Waals surface area contributed by atoms with Gasteiger partial charge in [0.05, 0.1) is 22.7 Å². The minimum Gasteiger partial charge on any atom is -0.459 e. The van der Waals surface area contributed by atoms with Gasteiger partial charge in [0.1, 0.15) is 0 Å². The molecular formula is C14H16N2O3. The van der Waals surface area contributed by atoms with Crippen LogP contribution in [0.5, 0.6) is 0 Å². The highest BCUT2D eigenvalue weighted by atomic mass is 16.5. The molecule has 100 valence electrons. The molecule has 3 rings (SSSR count). The van der Waals surface area contributed by atoms with Gasteiger partial charge in [0.2, 0.25) is 0 Å². The first-order valence-electron chi connectivity index (χ1n) is 6.54. The Balaban J connectivity index is 2.13. The summed E-state index contributed by atoms with van der Waals surface area (Å²) in [5, 5.41) is 4.56. The smallest absolute Gasteiger partial charge is 0.339 e. The van der Waals surface area contributed by atoms with Crippen LogP contribution in [0.1, 0.15) is 54.4 Å². The highest BCUT2D eigenvalue weighted by Gasteiger charge is 2.29. The van der Waals surface area contributed by atoms with E-state index >= 15 is 0 Å². The van der Waals surface area contributed by atoms with E-state index in [0.29, 0.717) is 28.3 Å². The lowest BCUT2D eigenvalue weighted by Crippen LogP contribution is -2.12. The molecule has 0 aliphatic heterocycles. The molecule has 1 aliphatic rings. The fraction of sp³-hybridized carbons (Fsp3) is 0.500. The number of aromatic nitrogens is 2. The molecule has 1 aliphatic carbocycles. The molecular weight excluding hydrogens is 244 g/mol. The van der Waals surface area contributed by atoms with Crippen LogP contribution in [0.25, 0.3) is 11.1 Å². The number of hydrogen-bond donors (Lipinski definition) is 0. The third-order valence-electron chi connectivity index (χ3n) is 3.20. The van der Waals surface area contributed by atoms with Crippen LogP contribution in [0.2, 0.25) is 0 Å². The lowest BCUT2D eigenvalue weighted by atomic mass is 10.1. The molecule has 0 N–H and O–H groups in total. The van der Waals surface area contributed by atoms with E-state index in [1.807, 2.05) is 19.9 Å². The van der Waals surface area contributed by atoms with Gasteiger partial charge in [-0.25, -0.2) is 9.78 Å². The fourth-order valence-corrected chi connectivity index (χ4v) is 2.14. The van der Waals surface area contributed by atoms with Gasteiger partial charge in [-0.2, -0.15) is 0 Å². The van der Waals surface area contributed by atoms with Crippen LogP contribution in [0.15, 0.2) is 10.6 Å². The number of hydrogen-bond acceptors (Lipinski definition) is 5. The maximum atomic E-state index is 12.2. The Morgan fingerprint density at radius 1 is 1.47 bits per heavy atom. The predicted molar refractivity (Wildman–Crippen MR) is 69.1 cm³/mol. The summed E-state index contributed by atoms with van der Waals surface area (Å²) in [6.07, 6.45) is 2.08. The molecule has 1 saturated carbocycles. The zero-order chi connectivity index (χ0) is 13.6. The number of fused-ring (bicyclic) bond motifs is 1. The van der Waals surface area contributed by atoms with Crippen molar-refractivity contribution in [3.8, 4) is 0 Å². The molecule has 1 fully saturated rings. The summed E-state index contributed by atoms with van der Waals surface area (Å²) in [4.78, 5) is 16.6. The molecule has 5 heteroatoms. The van der Waals surface area contributed by atoms with Crippen molar-refractivity contribution in [2.75, 3.05) is 0 Å². The first kappa shape index (κ1) is 12.1. The van der Waals surface area contributed by atoms with Crippen molar-refractivity contribution in [1.82, 2.24) is 10.1 Å². The van der Waals surface area contributed by atoms with Crippen molar-refractivity contribution in [3.63, 3.8) is 0 Å². The summed E-state index contributed by atoms with van der Waals surface area (Å²) < 4.78 is 10.5. The minimum absolute atomic E-state index is 0.153. The third-order valence-corrected chi connectivity index (χ3v) is 3.20. The third kappa shape index (κ3) is 2.20. The van der Waals surface area contributed by atoms with E-state index in [1.54, 1.807) is 6.92 Å². The topological polar surface area (TPSA) is 65.2 Å². The number of ether oxygens (including phenoxy) is 1. The van der Waals surface area contributed by atoms with E-state index in [2.05, 4.69) is 10.1 Å².